The molecule has 0 spiro atoms. The zero-order valence-corrected chi connectivity index (χ0v) is 29.5. The zero-order valence-electron chi connectivity index (χ0n) is 28.7. The van der Waals surface area contributed by atoms with Gasteiger partial charge in [0.25, 0.3) is 0 Å². The highest BCUT2D eigenvalue weighted by molar-refractivity contribution is 7.26. The molecule has 51 heavy (non-hydrogen) atoms. The molecule has 7 aromatic carbocycles. The van der Waals surface area contributed by atoms with Gasteiger partial charge in [0, 0.05) is 48.7 Å². The quantitative estimate of drug-likeness (QED) is 0.189. The van der Waals surface area contributed by atoms with Gasteiger partial charge in [0.1, 0.15) is 5.58 Å². The predicted octanol–water partition coefficient (Wildman–Crippen LogP) is 11.5. The van der Waals surface area contributed by atoms with Crippen LogP contribution in [-0.2, 0) is 5.41 Å². The summed E-state index contributed by atoms with van der Waals surface area (Å²) in [5.41, 5.74) is 14.2. The second kappa shape index (κ2) is 10.4. The molecule has 3 nitrogen and oxygen atoms in total. The van der Waals surface area contributed by atoms with Crippen LogP contribution in [-0.4, -0.2) is 11.8 Å². The van der Waals surface area contributed by atoms with E-state index in [1.807, 2.05) is 11.3 Å². The summed E-state index contributed by atoms with van der Waals surface area (Å²) in [5.74, 6) is 0. The van der Waals surface area contributed by atoms with Crippen LogP contribution in [0.25, 0.3) is 80.7 Å². The molecule has 5 heteroatoms. The van der Waals surface area contributed by atoms with E-state index in [4.69, 9.17) is 4.42 Å². The SMILES string of the molecule is CC(C)(C)c1ccc(Nc2cc3ccccc3cc2-c2cc3c(oc4ccccc43)c3c2Bc2cccc4c5sc6ccccc6c5n-3c24)cc1. The van der Waals surface area contributed by atoms with Gasteiger partial charge in [-0.3, -0.25) is 0 Å². The Morgan fingerprint density at radius 3 is 2.20 bits per heavy atom. The van der Waals surface area contributed by atoms with Crippen LogP contribution in [0.4, 0.5) is 11.4 Å². The van der Waals surface area contributed by atoms with Gasteiger partial charge in [0.05, 0.1) is 15.9 Å². The summed E-state index contributed by atoms with van der Waals surface area (Å²) in [4.78, 5) is 0. The van der Waals surface area contributed by atoms with Crippen LogP contribution in [0.1, 0.15) is 26.3 Å². The Morgan fingerprint density at radius 2 is 1.37 bits per heavy atom. The third-order valence-corrected chi connectivity index (χ3v) is 12.1. The average molecular weight is 673 g/mol. The van der Waals surface area contributed by atoms with Crippen molar-refractivity contribution in [1.29, 1.82) is 0 Å². The van der Waals surface area contributed by atoms with Gasteiger partial charge in [-0.1, -0.05) is 117 Å². The first-order chi connectivity index (χ1) is 24.9. The van der Waals surface area contributed by atoms with Gasteiger partial charge in [-0.2, -0.15) is 0 Å². The van der Waals surface area contributed by atoms with Crippen LogP contribution < -0.4 is 16.2 Å². The number of furan rings is 1. The van der Waals surface area contributed by atoms with Crippen molar-refractivity contribution in [3.63, 3.8) is 0 Å². The van der Waals surface area contributed by atoms with Crippen LogP contribution >= 0.6 is 11.3 Å². The van der Waals surface area contributed by atoms with Crippen LogP contribution in [0.15, 0.2) is 138 Å². The highest BCUT2D eigenvalue weighted by Gasteiger charge is 2.31. The summed E-state index contributed by atoms with van der Waals surface area (Å²) >= 11 is 1.90. The van der Waals surface area contributed by atoms with E-state index in [-0.39, 0.29) is 5.41 Å². The number of nitrogens with one attached hydrogen (secondary N) is 1. The second-order valence-electron chi connectivity index (χ2n) is 15.0. The van der Waals surface area contributed by atoms with Gasteiger partial charge in [0.2, 0.25) is 0 Å². The van der Waals surface area contributed by atoms with E-state index >= 15 is 0 Å². The van der Waals surface area contributed by atoms with Gasteiger partial charge in [0.15, 0.2) is 12.9 Å². The number of nitrogens with zero attached hydrogens (tertiary/aromatic N) is 1. The van der Waals surface area contributed by atoms with Crippen LogP contribution in [0.5, 0.6) is 0 Å². The number of benzene rings is 7. The fraction of sp³-hybridized carbons (Fsp3) is 0.0870. The Bertz CT molecular complexity index is 3060. The lowest BCUT2D eigenvalue weighted by atomic mass is 9.59. The molecule has 3 aromatic heterocycles. The number of aromatic nitrogens is 1. The minimum Gasteiger partial charge on any atom is -0.454 e. The second-order valence-corrected chi connectivity index (χ2v) is 16.1. The molecule has 1 N–H and O–H groups in total. The lowest BCUT2D eigenvalue weighted by Gasteiger charge is -2.25. The van der Waals surface area contributed by atoms with Gasteiger partial charge < -0.3 is 14.3 Å². The summed E-state index contributed by atoms with van der Waals surface area (Å²) in [5, 5.41) is 11.2. The monoisotopic (exact) mass is 672 g/mol. The normalized spacial score (nSPS) is 12.8. The van der Waals surface area contributed by atoms with E-state index in [1.54, 1.807) is 0 Å². The molecule has 10 aromatic rings. The van der Waals surface area contributed by atoms with E-state index in [0.717, 1.165) is 46.3 Å². The minimum atomic E-state index is 0.0911. The molecule has 0 unspecified atom stereocenters. The first-order valence-corrected chi connectivity index (χ1v) is 18.5. The molecular formula is C46H33BN2OS. The topological polar surface area (TPSA) is 30.1 Å². The van der Waals surface area contributed by atoms with Crippen molar-refractivity contribution >= 4 is 105 Å². The maximum Gasteiger partial charge on any atom is 0.198 e. The fourth-order valence-electron chi connectivity index (χ4n) is 8.46. The molecule has 4 heterocycles. The molecule has 0 aliphatic carbocycles. The smallest absolute Gasteiger partial charge is 0.198 e. The molecule has 0 radical (unpaired) electrons. The number of fused-ring (bicyclic) bond motifs is 12. The number of rotatable bonds is 3. The third kappa shape index (κ3) is 4.19. The maximum absolute atomic E-state index is 6.90. The maximum atomic E-state index is 6.90. The molecule has 0 fully saturated rings. The number of hydrogen-bond donors (Lipinski definition) is 1. The molecule has 11 rings (SSSR count). The molecule has 1 aliphatic heterocycles. The molecule has 0 saturated carbocycles. The van der Waals surface area contributed by atoms with Gasteiger partial charge in [-0.25, -0.2) is 0 Å². The van der Waals surface area contributed by atoms with E-state index in [9.17, 15) is 0 Å². The van der Waals surface area contributed by atoms with Gasteiger partial charge in [-0.15, -0.1) is 11.3 Å². The van der Waals surface area contributed by atoms with Crippen LogP contribution in [0.3, 0.4) is 0 Å². The van der Waals surface area contributed by atoms with Crippen molar-refractivity contribution in [2.24, 2.45) is 0 Å². The number of hydrogen-bond acceptors (Lipinski definition) is 3. The lowest BCUT2D eigenvalue weighted by molar-refractivity contribution is 0.590. The van der Waals surface area contributed by atoms with Gasteiger partial charge in [-0.05, 0) is 75.2 Å². The molecule has 242 valence electrons. The Labute approximate surface area is 300 Å². The van der Waals surface area contributed by atoms with Crippen molar-refractivity contribution in [2.75, 3.05) is 5.32 Å². The number of thiophene rings is 1. The highest BCUT2D eigenvalue weighted by atomic mass is 32.1. The van der Waals surface area contributed by atoms with Crippen molar-refractivity contribution in [2.45, 2.75) is 26.2 Å². The van der Waals surface area contributed by atoms with Crippen molar-refractivity contribution < 1.29 is 4.42 Å². The number of para-hydroxylation sites is 2. The Kier molecular flexibility index (Phi) is 5.90. The first-order valence-electron chi connectivity index (χ1n) is 17.7. The molecule has 0 atom stereocenters. The van der Waals surface area contributed by atoms with E-state index in [1.165, 1.54) is 69.6 Å². The standard InChI is InChI=1S/C46H33BN2OS/c1-46(2,3)28-19-21-29(22-20-28)48-37-24-27-12-5-4-11-26(27)23-33(37)34-25-35-30-13-6-8-17-38(30)50-44(35)43-40(34)47-36-16-10-15-32-41(36)49(43)42-31-14-7-9-18-39(31)51-45(32)42/h4-25,47-48H,1-3H3. The Morgan fingerprint density at radius 1 is 0.647 bits per heavy atom. The molecule has 0 amide bonds. The highest BCUT2D eigenvalue weighted by Crippen LogP contribution is 2.46. The van der Waals surface area contributed by atoms with Crippen molar-refractivity contribution in [1.82, 2.24) is 4.57 Å². The Hall–Kier alpha value is -5.78. The molecular weight excluding hydrogens is 639 g/mol. The predicted molar refractivity (Wildman–Crippen MR) is 221 cm³/mol. The average Bonchev–Trinajstić information content (AvgIpc) is 3.81. The summed E-state index contributed by atoms with van der Waals surface area (Å²) in [6, 6.07) is 48.9. The first kappa shape index (κ1) is 29.0. The number of anilines is 2. The van der Waals surface area contributed by atoms with Gasteiger partial charge >= 0.3 is 0 Å². The fourth-order valence-corrected chi connectivity index (χ4v) is 9.67. The van der Waals surface area contributed by atoms with Crippen LogP contribution in [0, 0.1) is 0 Å². The van der Waals surface area contributed by atoms with Crippen molar-refractivity contribution in [3.05, 3.63) is 139 Å². The summed E-state index contributed by atoms with van der Waals surface area (Å²) in [7, 11) is 0.816. The van der Waals surface area contributed by atoms with E-state index < -0.39 is 0 Å². The van der Waals surface area contributed by atoms with Crippen LogP contribution in [0.2, 0.25) is 0 Å². The summed E-state index contributed by atoms with van der Waals surface area (Å²) in [6.07, 6.45) is 0. The summed E-state index contributed by atoms with van der Waals surface area (Å²) in [6.45, 7) is 6.79. The largest absolute Gasteiger partial charge is 0.454 e. The van der Waals surface area contributed by atoms with Crippen molar-refractivity contribution in [3.8, 4) is 16.8 Å². The minimum absolute atomic E-state index is 0.0911. The molecule has 0 saturated heterocycles. The summed E-state index contributed by atoms with van der Waals surface area (Å²) < 4.78 is 12.1. The zero-order chi connectivity index (χ0) is 34.0. The molecule has 0 bridgehead atoms. The van der Waals surface area contributed by atoms with E-state index in [2.05, 4.69) is 164 Å². The lowest BCUT2D eigenvalue weighted by Crippen LogP contribution is -2.37. The third-order valence-electron chi connectivity index (χ3n) is 10.9. The Balaban J connectivity index is 1.26. The molecule has 1 aliphatic rings. The van der Waals surface area contributed by atoms with E-state index in [0.29, 0.717) is 0 Å².